The van der Waals surface area contributed by atoms with Crippen LogP contribution in [0.2, 0.25) is 0 Å². The SMILES string of the molecule is CC(C)(C)Nc1ccccc1B1OC(C)(C)C(C)(C)O1. The summed E-state index contributed by atoms with van der Waals surface area (Å²) < 4.78 is 12.3. The van der Waals surface area contributed by atoms with E-state index < -0.39 is 0 Å². The quantitative estimate of drug-likeness (QED) is 0.841. The van der Waals surface area contributed by atoms with Crippen LogP contribution in [0.5, 0.6) is 0 Å². The fourth-order valence-corrected chi connectivity index (χ4v) is 2.19. The molecule has 1 aromatic carbocycles. The van der Waals surface area contributed by atoms with Crippen LogP contribution < -0.4 is 10.8 Å². The van der Waals surface area contributed by atoms with Crippen molar-refractivity contribution < 1.29 is 9.31 Å². The van der Waals surface area contributed by atoms with E-state index in [4.69, 9.17) is 9.31 Å². The maximum atomic E-state index is 6.14. The van der Waals surface area contributed by atoms with Gasteiger partial charge in [0.1, 0.15) is 0 Å². The summed E-state index contributed by atoms with van der Waals surface area (Å²) in [5.74, 6) is 0. The van der Waals surface area contributed by atoms with E-state index in [1.165, 1.54) is 0 Å². The Hall–Kier alpha value is -0.995. The first-order valence-corrected chi connectivity index (χ1v) is 7.25. The second-order valence-corrected chi connectivity index (χ2v) is 7.55. The van der Waals surface area contributed by atoms with Gasteiger partial charge in [-0.3, -0.25) is 0 Å². The average Bonchev–Trinajstić information content (AvgIpc) is 2.46. The van der Waals surface area contributed by atoms with Crippen LogP contribution in [-0.2, 0) is 9.31 Å². The lowest BCUT2D eigenvalue weighted by molar-refractivity contribution is 0.00578. The van der Waals surface area contributed by atoms with Gasteiger partial charge in [0.15, 0.2) is 0 Å². The van der Waals surface area contributed by atoms with Gasteiger partial charge in [-0.25, -0.2) is 0 Å². The number of benzene rings is 1. The first-order chi connectivity index (χ1) is 9.02. The minimum Gasteiger partial charge on any atom is -0.399 e. The highest BCUT2D eigenvalue weighted by molar-refractivity contribution is 6.64. The predicted molar refractivity (Wildman–Crippen MR) is 85.5 cm³/mol. The van der Waals surface area contributed by atoms with Gasteiger partial charge in [-0.05, 0) is 54.5 Å². The zero-order valence-corrected chi connectivity index (χ0v) is 13.7. The third kappa shape index (κ3) is 3.02. The molecule has 0 radical (unpaired) electrons. The number of nitrogens with one attached hydrogen (secondary N) is 1. The van der Waals surface area contributed by atoms with Gasteiger partial charge in [-0.15, -0.1) is 0 Å². The second kappa shape index (κ2) is 4.78. The van der Waals surface area contributed by atoms with Crippen molar-refractivity contribution in [3.8, 4) is 0 Å². The molecular weight excluding hydrogens is 249 g/mol. The summed E-state index contributed by atoms with van der Waals surface area (Å²) in [7, 11) is -0.328. The summed E-state index contributed by atoms with van der Waals surface area (Å²) >= 11 is 0. The molecule has 1 heterocycles. The van der Waals surface area contributed by atoms with E-state index in [2.05, 4.69) is 65.9 Å². The Labute approximate surface area is 123 Å². The highest BCUT2D eigenvalue weighted by Gasteiger charge is 2.52. The minimum atomic E-state index is -0.328. The van der Waals surface area contributed by atoms with E-state index in [9.17, 15) is 0 Å². The zero-order valence-electron chi connectivity index (χ0n) is 13.7. The van der Waals surface area contributed by atoms with E-state index >= 15 is 0 Å². The number of para-hydroxylation sites is 1. The molecule has 20 heavy (non-hydrogen) atoms. The minimum absolute atomic E-state index is 0.000255. The van der Waals surface area contributed by atoms with Crippen molar-refractivity contribution in [3.05, 3.63) is 24.3 Å². The van der Waals surface area contributed by atoms with E-state index in [1.807, 2.05) is 12.1 Å². The smallest absolute Gasteiger partial charge is 0.399 e. The molecule has 0 atom stereocenters. The standard InChI is InChI=1S/C16H26BNO2/c1-14(2,3)18-13-11-9-8-10-12(13)17-19-15(4,5)16(6,7)20-17/h8-11,18H,1-7H3. The monoisotopic (exact) mass is 275 g/mol. The summed E-state index contributed by atoms with van der Waals surface area (Å²) in [6.45, 7) is 14.7. The molecule has 2 rings (SSSR count). The number of anilines is 1. The molecule has 3 nitrogen and oxygen atoms in total. The molecule has 1 aromatic rings. The number of hydrogen-bond donors (Lipinski definition) is 1. The Morgan fingerprint density at radius 1 is 0.950 bits per heavy atom. The van der Waals surface area contributed by atoms with E-state index in [1.54, 1.807) is 0 Å². The van der Waals surface area contributed by atoms with Gasteiger partial charge in [-0.1, -0.05) is 18.2 Å². The van der Waals surface area contributed by atoms with Gasteiger partial charge in [0.05, 0.1) is 11.2 Å². The Morgan fingerprint density at radius 2 is 1.45 bits per heavy atom. The largest absolute Gasteiger partial charge is 0.496 e. The molecule has 0 saturated carbocycles. The van der Waals surface area contributed by atoms with Crippen LogP contribution in [-0.4, -0.2) is 23.9 Å². The first-order valence-electron chi connectivity index (χ1n) is 7.25. The lowest BCUT2D eigenvalue weighted by atomic mass is 9.77. The summed E-state index contributed by atoms with van der Waals surface area (Å²) in [5, 5.41) is 3.52. The lowest BCUT2D eigenvalue weighted by Gasteiger charge is -2.32. The van der Waals surface area contributed by atoms with Crippen molar-refractivity contribution in [2.45, 2.75) is 65.2 Å². The molecule has 0 bridgehead atoms. The van der Waals surface area contributed by atoms with E-state index in [0.717, 1.165) is 11.2 Å². The fraction of sp³-hybridized carbons (Fsp3) is 0.625. The molecule has 0 unspecified atom stereocenters. The summed E-state index contributed by atoms with van der Waals surface area (Å²) in [6, 6.07) is 8.19. The molecule has 1 aliphatic rings. The Balaban J connectivity index is 2.31. The second-order valence-electron chi connectivity index (χ2n) is 7.55. The first kappa shape index (κ1) is 15.4. The molecule has 110 valence electrons. The van der Waals surface area contributed by atoms with E-state index in [0.29, 0.717) is 0 Å². The molecule has 0 amide bonds. The lowest BCUT2D eigenvalue weighted by Crippen LogP contribution is -2.41. The maximum absolute atomic E-state index is 6.14. The van der Waals surface area contributed by atoms with Gasteiger partial charge < -0.3 is 14.6 Å². The highest BCUT2D eigenvalue weighted by atomic mass is 16.7. The zero-order chi connectivity index (χ0) is 15.2. The van der Waals surface area contributed by atoms with Gasteiger partial charge in [0.25, 0.3) is 0 Å². The molecule has 4 heteroatoms. The third-order valence-corrected chi connectivity index (χ3v) is 3.98. The van der Waals surface area contributed by atoms with Crippen molar-refractivity contribution >= 4 is 18.3 Å². The fourth-order valence-electron chi connectivity index (χ4n) is 2.19. The Kier molecular flexibility index (Phi) is 3.68. The van der Waals surface area contributed by atoms with Gasteiger partial charge in [0, 0.05) is 16.7 Å². The molecule has 1 aliphatic heterocycles. The topological polar surface area (TPSA) is 30.5 Å². The van der Waals surface area contributed by atoms with Crippen LogP contribution in [0.4, 0.5) is 5.69 Å². The molecule has 1 fully saturated rings. The highest BCUT2D eigenvalue weighted by Crippen LogP contribution is 2.37. The van der Waals surface area contributed by atoms with Crippen molar-refractivity contribution in [3.63, 3.8) is 0 Å². The number of rotatable bonds is 2. The van der Waals surface area contributed by atoms with Crippen molar-refractivity contribution in [1.82, 2.24) is 0 Å². The Bertz CT molecular complexity index is 475. The molecule has 0 aliphatic carbocycles. The molecule has 0 spiro atoms. The summed E-state index contributed by atoms with van der Waals surface area (Å²) in [5.41, 5.74) is 1.50. The maximum Gasteiger partial charge on any atom is 0.496 e. The van der Waals surface area contributed by atoms with Crippen LogP contribution in [0.15, 0.2) is 24.3 Å². The summed E-state index contributed by atoms with van der Waals surface area (Å²) in [6.07, 6.45) is 0. The van der Waals surface area contributed by atoms with Crippen LogP contribution in [0.3, 0.4) is 0 Å². The molecular formula is C16H26BNO2. The van der Waals surface area contributed by atoms with E-state index in [-0.39, 0.29) is 23.9 Å². The number of hydrogen-bond acceptors (Lipinski definition) is 3. The van der Waals surface area contributed by atoms with Crippen LogP contribution >= 0.6 is 0 Å². The molecule has 0 aromatic heterocycles. The normalized spacial score (nSPS) is 21.1. The van der Waals surface area contributed by atoms with Crippen LogP contribution in [0.25, 0.3) is 0 Å². The van der Waals surface area contributed by atoms with Gasteiger partial charge in [0.2, 0.25) is 0 Å². The summed E-state index contributed by atoms with van der Waals surface area (Å²) in [4.78, 5) is 0. The molecule has 1 saturated heterocycles. The van der Waals surface area contributed by atoms with Crippen molar-refractivity contribution in [2.24, 2.45) is 0 Å². The van der Waals surface area contributed by atoms with Crippen LogP contribution in [0.1, 0.15) is 48.5 Å². The third-order valence-electron chi connectivity index (χ3n) is 3.98. The van der Waals surface area contributed by atoms with Crippen molar-refractivity contribution in [2.75, 3.05) is 5.32 Å². The molecule has 1 N–H and O–H groups in total. The van der Waals surface area contributed by atoms with Crippen LogP contribution in [0, 0.1) is 0 Å². The predicted octanol–water partition coefficient (Wildman–Crippen LogP) is 3.20. The Morgan fingerprint density at radius 3 is 1.95 bits per heavy atom. The van der Waals surface area contributed by atoms with Gasteiger partial charge in [-0.2, -0.15) is 0 Å². The van der Waals surface area contributed by atoms with Crippen molar-refractivity contribution in [1.29, 1.82) is 0 Å². The average molecular weight is 275 g/mol. The van der Waals surface area contributed by atoms with Gasteiger partial charge >= 0.3 is 7.12 Å².